The molecule has 0 fully saturated rings. The second kappa shape index (κ2) is 3.38. The summed E-state index contributed by atoms with van der Waals surface area (Å²) in [7, 11) is 0. The van der Waals surface area contributed by atoms with Gasteiger partial charge in [-0.1, -0.05) is 18.5 Å². The van der Waals surface area contributed by atoms with Crippen molar-refractivity contribution < 1.29 is 13.6 Å². The number of Topliss-reactive ketones (excluding diaryl/α,β-unsaturated/α-hetero) is 1. The zero-order valence-electron chi connectivity index (χ0n) is 7.72. The third kappa shape index (κ3) is 1.45. The average molecular weight is 230 g/mol. The van der Waals surface area contributed by atoms with Crippen molar-refractivity contribution in [3.05, 3.63) is 28.3 Å². The van der Waals surface area contributed by atoms with Crippen molar-refractivity contribution in [3.8, 4) is 0 Å². The van der Waals surface area contributed by atoms with Gasteiger partial charge in [-0.3, -0.25) is 9.79 Å². The van der Waals surface area contributed by atoms with Gasteiger partial charge in [0.2, 0.25) is 0 Å². The van der Waals surface area contributed by atoms with Crippen LogP contribution in [0.15, 0.2) is 11.1 Å². The fraction of sp³-hybridized carbons (Fsp3) is 0.200. The number of fused-ring (bicyclic) bond motifs is 1. The molecule has 5 heteroatoms. The molecule has 0 saturated heterocycles. The Morgan fingerprint density at radius 1 is 1.40 bits per heavy atom. The lowest BCUT2D eigenvalue weighted by atomic mass is 9.96. The summed E-state index contributed by atoms with van der Waals surface area (Å²) in [4.78, 5) is 15.3. The van der Waals surface area contributed by atoms with Gasteiger partial charge >= 0.3 is 0 Å². The Kier molecular flexibility index (Phi) is 2.31. The van der Waals surface area contributed by atoms with Crippen molar-refractivity contribution in [2.75, 3.05) is 0 Å². The minimum atomic E-state index is -1.17. The van der Waals surface area contributed by atoms with Gasteiger partial charge in [0.25, 0.3) is 0 Å². The van der Waals surface area contributed by atoms with E-state index >= 15 is 0 Å². The molecule has 0 radical (unpaired) electrons. The van der Waals surface area contributed by atoms with Crippen LogP contribution in [0.2, 0.25) is 5.02 Å². The lowest BCUT2D eigenvalue weighted by Gasteiger charge is -2.14. The summed E-state index contributed by atoms with van der Waals surface area (Å²) in [6.45, 7) is 1.63. The van der Waals surface area contributed by atoms with Crippen LogP contribution in [-0.2, 0) is 0 Å². The number of aliphatic imine (C=N–C) groups is 1. The summed E-state index contributed by atoms with van der Waals surface area (Å²) in [6, 6.07) is 1.12. The molecule has 1 atom stereocenters. The Morgan fingerprint density at radius 3 is 2.73 bits per heavy atom. The number of halogens is 3. The van der Waals surface area contributed by atoms with Crippen LogP contribution < -0.4 is 0 Å². The largest absolute Gasteiger partial charge is 0.293 e. The molecule has 1 aliphatic rings. The third-order valence-electron chi connectivity index (χ3n) is 2.24. The first-order valence-electron chi connectivity index (χ1n) is 4.28. The molecular weight excluding hydrogens is 224 g/mol. The summed E-state index contributed by atoms with van der Waals surface area (Å²) in [5.41, 5.74) is -0.228. The number of nitrogens with zero attached hydrogens (tertiary/aromatic N) is 1. The fourth-order valence-corrected chi connectivity index (χ4v) is 1.59. The van der Waals surface area contributed by atoms with Gasteiger partial charge in [-0.2, -0.15) is 0 Å². The number of hydrogen-bond acceptors (Lipinski definition) is 2. The summed E-state index contributed by atoms with van der Waals surface area (Å²) in [5, 5.41) is -0.399. The fourth-order valence-electron chi connectivity index (χ4n) is 1.40. The molecule has 2 rings (SSSR count). The van der Waals surface area contributed by atoms with E-state index < -0.39 is 22.6 Å². The second-order valence-corrected chi connectivity index (χ2v) is 3.72. The van der Waals surface area contributed by atoms with Crippen molar-refractivity contribution >= 4 is 29.3 Å². The molecule has 0 bridgehead atoms. The highest BCUT2D eigenvalue weighted by molar-refractivity contribution is 6.31. The van der Waals surface area contributed by atoms with Crippen molar-refractivity contribution in [2.24, 2.45) is 10.9 Å². The Hall–Kier alpha value is -1.29. The normalized spacial score (nSPS) is 19.2. The molecule has 0 saturated carbocycles. The first kappa shape index (κ1) is 10.2. The van der Waals surface area contributed by atoms with Gasteiger partial charge < -0.3 is 0 Å². The molecule has 1 aromatic carbocycles. The molecule has 0 aromatic heterocycles. The van der Waals surface area contributed by atoms with Gasteiger partial charge in [-0.05, 0) is 6.07 Å². The maximum absolute atomic E-state index is 13.3. The highest BCUT2D eigenvalue weighted by atomic mass is 35.5. The molecular formula is C10H6ClF2NO. The second-order valence-electron chi connectivity index (χ2n) is 3.31. The van der Waals surface area contributed by atoms with Gasteiger partial charge in [-0.15, -0.1) is 0 Å². The van der Waals surface area contributed by atoms with Crippen LogP contribution in [0, 0.1) is 17.6 Å². The van der Waals surface area contributed by atoms with Crippen LogP contribution in [0.1, 0.15) is 17.3 Å². The van der Waals surface area contributed by atoms with Crippen LogP contribution in [0.25, 0.3) is 0 Å². The van der Waals surface area contributed by atoms with E-state index in [9.17, 15) is 13.6 Å². The van der Waals surface area contributed by atoms with Crippen LogP contribution in [0.3, 0.4) is 0 Å². The third-order valence-corrected chi connectivity index (χ3v) is 2.52. The van der Waals surface area contributed by atoms with Crippen LogP contribution in [0.4, 0.5) is 14.5 Å². The van der Waals surface area contributed by atoms with Crippen molar-refractivity contribution in [3.63, 3.8) is 0 Å². The summed E-state index contributed by atoms with van der Waals surface area (Å²) in [6.07, 6.45) is 1.29. The Morgan fingerprint density at radius 2 is 2.07 bits per heavy atom. The van der Waals surface area contributed by atoms with Gasteiger partial charge in [0.05, 0.1) is 10.9 Å². The minimum absolute atomic E-state index is 0.0360. The molecule has 78 valence electrons. The van der Waals surface area contributed by atoms with Gasteiger partial charge in [0, 0.05) is 11.8 Å². The average Bonchev–Trinajstić information content (AvgIpc) is 2.21. The molecule has 0 aliphatic carbocycles. The van der Waals surface area contributed by atoms with Gasteiger partial charge in [0.1, 0.15) is 5.69 Å². The Balaban J connectivity index is 2.74. The standard InChI is InChI=1S/C10H6ClF2NO/c1-4-3-14-9-5(10(4)15)2-6(11)7(12)8(9)13/h2-4H,1H3. The molecule has 15 heavy (non-hydrogen) atoms. The summed E-state index contributed by atoms with van der Waals surface area (Å²) < 4.78 is 26.4. The highest BCUT2D eigenvalue weighted by Gasteiger charge is 2.26. The number of carbonyl (C=O) groups excluding carboxylic acids is 1. The maximum atomic E-state index is 13.3. The SMILES string of the molecule is CC1C=Nc2c(cc(Cl)c(F)c2F)C1=O. The molecule has 1 aromatic rings. The van der Waals surface area contributed by atoms with Crippen molar-refractivity contribution in [1.82, 2.24) is 0 Å². The number of ketones is 1. The van der Waals surface area contributed by atoms with Crippen LogP contribution in [-0.4, -0.2) is 12.0 Å². The van der Waals surface area contributed by atoms with Crippen molar-refractivity contribution in [2.45, 2.75) is 6.92 Å². The molecule has 1 heterocycles. The lowest BCUT2D eigenvalue weighted by molar-refractivity contribution is 0.0961. The quantitative estimate of drug-likeness (QED) is 0.629. The number of hydrogen-bond donors (Lipinski definition) is 0. The predicted molar refractivity (Wildman–Crippen MR) is 53.0 cm³/mol. The van der Waals surface area contributed by atoms with E-state index in [1.165, 1.54) is 6.21 Å². The number of rotatable bonds is 0. The van der Waals surface area contributed by atoms with Gasteiger partial charge in [-0.25, -0.2) is 8.78 Å². The smallest absolute Gasteiger partial charge is 0.186 e. The van der Waals surface area contributed by atoms with E-state index in [0.29, 0.717) is 0 Å². The molecule has 0 amide bonds. The first-order chi connectivity index (χ1) is 7.02. The molecule has 0 spiro atoms. The zero-order valence-corrected chi connectivity index (χ0v) is 8.48. The molecule has 1 unspecified atom stereocenters. The minimum Gasteiger partial charge on any atom is -0.293 e. The zero-order chi connectivity index (χ0) is 11.2. The van der Waals surface area contributed by atoms with Gasteiger partial charge in [0.15, 0.2) is 17.4 Å². The van der Waals surface area contributed by atoms with E-state index in [1.807, 2.05) is 0 Å². The predicted octanol–water partition coefficient (Wildman–Crippen LogP) is 3.15. The lowest BCUT2D eigenvalue weighted by Crippen LogP contribution is -2.17. The Bertz CT molecular complexity index is 485. The monoisotopic (exact) mass is 229 g/mol. The summed E-state index contributed by atoms with van der Waals surface area (Å²) >= 11 is 5.44. The van der Waals surface area contributed by atoms with E-state index in [-0.39, 0.29) is 17.0 Å². The van der Waals surface area contributed by atoms with Crippen LogP contribution >= 0.6 is 11.6 Å². The maximum Gasteiger partial charge on any atom is 0.186 e. The van der Waals surface area contributed by atoms with Crippen LogP contribution in [0.5, 0.6) is 0 Å². The summed E-state index contributed by atoms with van der Waals surface area (Å²) in [5.74, 6) is -3.08. The molecule has 0 N–H and O–H groups in total. The Labute approximate surface area is 89.6 Å². The van der Waals surface area contributed by atoms with Crippen molar-refractivity contribution in [1.29, 1.82) is 0 Å². The number of benzene rings is 1. The van der Waals surface area contributed by atoms with E-state index in [4.69, 9.17) is 11.6 Å². The molecule has 1 aliphatic heterocycles. The topological polar surface area (TPSA) is 29.4 Å². The molecule has 2 nitrogen and oxygen atoms in total. The van der Waals surface area contributed by atoms with E-state index in [1.54, 1.807) is 6.92 Å². The first-order valence-corrected chi connectivity index (χ1v) is 4.66. The van der Waals surface area contributed by atoms with E-state index in [2.05, 4.69) is 4.99 Å². The highest BCUT2D eigenvalue weighted by Crippen LogP contribution is 2.34. The number of carbonyl (C=O) groups is 1. The van der Waals surface area contributed by atoms with E-state index in [0.717, 1.165) is 6.07 Å².